The summed E-state index contributed by atoms with van der Waals surface area (Å²) in [5, 5.41) is 0. The Bertz CT molecular complexity index is 299. The second kappa shape index (κ2) is 6.71. The maximum atomic E-state index is 12.4. The minimum atomic E-state index is 0.283. The van der Waals surface area contributed by atoms with Crippen molar-refractivity contribution in [3.05, 3.63) is 0 Å². The van der Waals surface area contributed by atoms with Gasteiger partial charge in [-0.15, -0.1) is 0 Å². The van der Waals surface area contributed by atoms with E-state index in [9.17, 15) is 4.79 Å². The molecule has 0 aromatic carbocycles. The Morgan fingerprint density at radius 2 is 1.95 bits per heavy atom. The van der Waals surface area contributed by atoms with Gasteiger partial charge in [0.2, 0.25) is 5.91 Å². The van der Waals surface area contributed by atoms with Gasteiger partial charge in [-0.2, -0.15) is 0 Å². The number of carbonyl (C=O) groups is 1. The number of ether oxygens (including phenoxy) is 1. The lowest BCUT2D eigenvalue weighted by molar-refractivity contribution is -0.137. The molecule has 4 nitrogen and oxygen atoms in total. The number of carbonyl (C=O) groups excluding carboxylic acids is 1. The van der Waals surface area contributed by atoms with Crippen LogP contribution in [-0.4, -0.2) is 60.6 Å². The topological polar surface area (TPSA) is 32.8 Å². The minimum absolute atomic E-state index is 0.283. The fourth-order valence-corrected chi connectivity index (χ4v) is 2.75. The van der Waals surface area contributed by atoms with Crippen molar-refractivity contribution in [2.45, 2.75) is 52.1 Å². The number of hydrogen-bond acceptors (Lipinski definition) is 3. The second-order valence-corrected chi connectivity index (χ2v) is 6.02. The van der Waals surface area contributed by atoms with Gasteiger partial charge < -0.3 is 9.64 Å². The van der Waals surface area contributed by atoms with Crippen LogP contribution in [0.4, 0.5) is 0 Å². The predicted molar refractivity (Wildman–Crippen MR) is 76.0 cm³/mol. The van der Waals surface area contributed by atoms with Crippen molar-refractivity contribution in [2.24, 2.45) is 5.92 Å². The Labute approximate surface area is 117 Å². The molecule has 0 unspecified atom stereocenters. The zero-order valence-electron chi connectivity index (χ0n) is 12.6. The van der Waals surface area contributed by atoms with Crippen LogP contribution in [0, 0.1) is 5.92 Å². The van der Waals surface area contributed by atoms with Crippen molar-refractivity contribution < 1.29 is 9.53 Å². The molecule has 2 atom stereocenters. The Hall–Kier alpha value is -0.610. The van der Waals surface area contributed by atoms with Gasteiger partial charge in [0.15, 0.2) is 0 Å². The number of rotatable bonds is 6. The molecule has 4 heteroatoms. The van der Waals surface area contributed by atoms with Gasteiger partial charge in [-0.1, -0.05) is 20.3 Å². The maximum Gasteiger partial charge on any atom is 0.236 e. The first-order chi connectivity index (χ1) is 9.13. The number of hydrogen-bond donors (Lipinski definition) is 0. The number of morpholine rings is 1. The van der Waals surface area contributed by atoms with Gasteiger partial charge in [0.05, 0.1) is 19.8 Å². The van der Waals surface area contributed by atoms with Crippen molar-refractivity contribution in [3.63, 3.8) is 0 Å². The first-order valence-corrected chi connectivity index (χ1v) is 7.74. The van der Waals surface area contributed by atoms with E-state index in [0.29, 0.717) is 37.8 Å². The monoisotopic (exact) mass is 268 g/mol. The van der Waals surface area contributed by atoms with Gasteiger partial charge in [-0.3, -0.25) is 9.69 Å². The molecule has 0 bridgehead atoms. The average Bonchev–Trinajstić information content (AvgIpc) is 3.28. The van der Waals surface area contributed by atoms with Gasteiger partial charge in [0.25, 0.3) is 0 Å². The van der Waals surface area contributed by atoms with Crippen LogP contribution in [0.15, 0.2) is 0 Å². The summed E-state index contributed by atoms with van der Waals surface area (Å²) in [6.07, 6.45) is 3.70. The summed E-state index contributed by atoms with van der Waals surface area (Å²) in [6, 6.07) is 1.15. The quantitative estimate of drug-likeness (QED) is 0.735. The third-order valence-corrected chi connectivity index (χ3v) is 4.69. The Morgan fingerprint density at radius 1 is 1.32 bits per heavy atom. The SMILES string of the molecule is CC[C@@H](C)[C@H](C)N(CC(=O)N1CCOCC1)C1CC1. The molecule has 110 valence electrons. The van der Waals surface area contributed by atoms with Crippen molar-refractivity contribution in [1.82, 2.24) is 9.80 Å². The molecule has 1 aliphatic heterocycles. The maximum absolute atomic E-state index is 12.4. The van der Waals surface area contributed by atoms with Crippen LogP contribution >= 0.6 is 0 Å². The van der Waals surface area contributed by atoms with E-state index in [1.807, 2.05) is 4.90 Å². The first kappa shape index (κ1) is 14.8. The highest BCUT2D eigenvalue weighted by Crippen LogP contribution is 2.31. The average molecular weight is 268 g/mol. The summed E-state index contributed by atoms with van der Waals surface area (Å²) >= 11 is 0. The van der Waals surface area contributed by atoms with E-state index in [0.717, 1.165) is 13.1 Å². The van der Waals surface area contributed by atoms with Crippen molar-refractivity contribution in [2.75, 3.05) is 32.8 Å². The van der Waals surface area contributed by atoms with Crippen LogP contribution in [0.25, 0.3) is 0 Å². The molecule has 0 aromatic heterocycles. The van der Waals surface area contributed by atoms with Crippen LogP contribution in [0.3, 0.4) is 0 Å². The van der Waals surface area contributed by atoms with Crippen LogP contribution in [0.2, 0.25) is 0 Å². The molecule has 2 aliphatic rings. The molecule has 1 heterocycles. The summed E-state index contributed by atoms with van der Waals surface area (Å²) in [7, 11) is 0. The van der Waals surface area contributed by atoms with Crippen molar-refractivity contribution in [1.29, 1.82) is 0 Å². The van der Waals surface area contributed by atoms with E-state index in [-0.39, 0.29) is 5.91 Å². The number of nitrogens with zero attached hydrogens (tertiary/aromatic N) is 2. The van der Waals surface area contributed by atoms with E-state index in [1.165, 1.54) is 19.3 Å². The highest BCUT2D eigenvalue weighted by molar-refractivity contribution is 5.78. The Morgan fingerprint density at radius 3 is 2.47 bits per heavy atom. The molecule has 0 aromatic rings. The first-order valence-electron chi connectivity index (χ1n) is 7.74. The van der Waals surface area contributed by atoms with Gasteiger partial charge >= 0.3 is 0 Å². The zero-order valence-corrected chi connectivity index (χ0v) is 12.6. The third-order valence-electron chi connectivity index (χ3n) is 4.69. The smallest absolute Gasteiger partial charge is 0.236 e. The fraction of sp³-hybridized carbons (Fsp3) is 0.933. The van der Waals surface area contributed by atoms with Crippen LogP contribution in [0.5, 0.6) is 0 Å². The molecule has 1 aliphatic carbocycles. The molecule has 1 saturated heterocycles. The zero-order chi connectivity index (χ0) is 13.8. The number of amides is 1. The van der Waals surface area contributed by atoms with E-state index in [2.05, 4.69) is 25.7 Å². The van der Waals surface area contributed by atoms with Crippen LogP contribution in [-0.2, 0) is 9.53 Å². The molecule has 2 fully saturated rings. The summed E-state index contributed by atoms with van der Waals surface area (Å²) < 4.78 is 5.31. The van der Waals surface area contributed by atoms with E-state index in [4.69, 9.17) is 4.74 Å². The van der Waals surface area contributed by atoms with E-state index < -0.39 is 0 Å². The molecule has 2 rings (SSSR count). The lowest BCUT2D eigenvalue weighted by Gasteiger charge is -2.35. The van der Waals surface area contributed by atoms with Gasteiger partial charge in [-0.05, 0) is 25.7 Å². The predicted octanol–water partition coefficient (Wildman–Crippen LogP) is 1.74. The van der Waals surface area contributed by atoms with Crippen molar-refractivity contribution in [3.8, 4) is 0 Å². The largest absolute Gasteiger partial charge is 0.378 e. The summed E-state index contributed by atoms with van der Waals surface area (Å²) in [4.78, 5) is 16.8. The van der Waals surface area contributed by atoms with Crippen LogP contribution < -0.4 is 0 Å². The molecule has 0 radical (unpaired) electrons. The summed E-state index contributed by atoms with van der Waals surface area (Å²) in [5.74, 6) is 0.934. The molecule has 0 spiro atoms. The lowest BCUT2D eigenvalue weighted by atomic mass is 9.99. The minimum Gasteiger partial charge on any atom is -0.378 e. The molecule has 0 N–H and O–H groups in total. The van der Waals surface area contributed by atoms with Crippen LogP contribution in [0.1, 0.15) is 40.0 Å². The molecular weight excluding hydrogens is 240 g/mol. The van der Waals surface area contributed by atoms with Gasteiger partial charge in [-0.25, -0.2) is 0 Å². The standard InChI is InChI=1S/C15H28N2O2/c1-4-12(2)13(3)17(14-5-6-14)11-15(18)16-7-9-19-10-8-16/h12-14H,4-11H2,1-3H3/t12-,13+/m1/s1. The van der Waals surface area contributed by atoms with Crippen molar-refractivity contribution >= 4 is 5.91 Å². The normalized spacial score (nSPS) is 23.5. The second-order valence-electron chi connectivity index (χ2n) is 6.02. The summed E-state index contributed by atoms with van der Waals surface area (Å²) in [5.41, 5.74) is 0. The Balaban J connectivity index is 1.90. The fourth-order valence-electron chi connectivity index (χ4n) is 2.75. The molecule has 1 saturated carbocycles. The summed E-state index contributed by atoms with van der Waals surface area (Å²) in [6.45, 7) is 10.3. The molecular formula is C15H28N2O2. The van der Waals surface area contributed by atoms with Gasteiger partial charge in [0, 0.05) is 25.2 Å². The molecule has 1 amide bonds. The van der Waals surface area contributed by atoms with Gasteiger partial charge in [0.1, 0.15) is 0 Å². The van der Waals surface area contributed by atoms with E-state index >= 15 is 0 Å². The third kappa shape index (κ3) is 3.93. The highest BCUT2D eigenvalue weighted by atomic mass is 16.5. The Kier molecular flexibility index (Phi) is 5.22. The highest BCUT2D eigenvalue weighted by Gasteiger charge is 2.35. The van der Waals surface area contributed by atoms with E-state index in [1.54, 1.807) is 0 Å². The lowest BCUT2D eigenvalue weighted by Crippen LogP contribution is -2.49. The molecule has 19 heavy (non-hydrogen) atoms.